The summed E-state index contributed by atoms with van der Waals surface area (Å²) in [6, 6.07) is 2.11. The first-order valence-electron chi connectivity index (χ1n) is 5.56. The maximum Gasteiger partial charge on any atom is 0.257 e. The number of hydrogen-bond donors (Lipinski definition) is 0. The molecule has 2 aromatic heterocycles. The maximum absolute atomic E-state index is 12.2. The molecule has 0 radical (unpaired) electrons. The second-order valence-corrected chi connectivity index (χ2v) is 4.18. The summed E-state index contributed by atoms with van der Waals surface area (Å²) in [5.74, 6) is -0.348. The molecule has 2 heterocycles. The van der Waals surface area contributed by atoms with Gasteiger partial charge in [0.2, 0.25) is 0 Å². The Labute approximate surface area is 104 Å². The van der Waals surface area contributed by atoms with Crippen molar-refractivity contribution in [2.24, 2.45) is 5.92 Å². The van der Waals surface area contributed by atoms with Crippen molar-refractivity contribution >= 4 is 11.4 Å². The van der Waals surface area contributed by atoms with Gasteiger partial charge in [0.15, 0.2) is 0 Å². The monoisotopic (exact) mass is 243 g/mol. The number of nitriles is 1. The highest BCUT2D eigenvalue weighted by molar-refractivity contribution is 6.00. The van der Waals surface area contributed by atoms with Crippen LogP contribution in [0.1, 0.15) is 17.3 Å². The molecule has 1 unspecified atom stereocenters. The fourth-order valence-electron chi connectivity index (χ4n) is 1.74. The molecule has 0 N–H and O–H groups in total. The van der Waals surface area contributed by atoms with E-state index in [2.05, 4.69) is 16.2 Å². The van der Waals surface area contributed by atoms with Gasteiger partial charge in [-0.3, -0.25) is 9.78 Å². The molecule has 1 amide bonds. The van der Waals surface area contributed by atoms with Crippen LogP contribution in [0.4, 0.5) is 0 Å². The molecule has 0 aliphatic rings. The molecular weight excluding hydrogens is 230 g/mol. The van der Waals surface area contributed by atoms with E-state index in [0.29, 0.717) is 17.6 Å². The number of carbonyl (C=O) groups is 1. The lowest BCUT2D eigenvalue weighted by Gasteiger charge is -2.17. The Balaban J connectivity index is 2.26. The summed E-state index contributed by atoms with van der Waals surface area (Å²) in [4.78, 5) is 17.7. The largest absolute Gasteiger partial charge is 0.340 e. The Bertz CT molecular complexity index is 612. The van der Waals surface area contributed by atoms with Crippen molar-refractivity contribution in [3.05, 3.63) is 30.4 Å². The third kappa shape index (κ3) is 2.15. The van der Waals surface area contributed by atoms with Crippen LogP contribution in [0, 0.1) is 17.2 Å². The quantitative estimate of drug-likeness (QED) is 0.804. The third-order valence-corrected chi connectivity index (χ3v) is 2.67. The highest BCUT2D eigenvalue weighted by Crippen LogP contribution is 2.11. The first kappa shape index (κ1) is 12.0. The van der Waals surface area contributed by atoms with Crippen molar-refractivity contribution in [1.82, 2.24) is 19.5 Å². The molecule has 0 aliphatic carbocycles. The zero-order valence-electron chi connectivity index (χ0n) is 10.2. The topological polar surface area (TPSA) is 74.3 Å². The standard InChI is InChI=1S/C12H13N5O/c1-9(5-13)8-16(2)12(18)10-6-15-17-4-3-14-7-11(10)17/h3-4,6-7,9H,8H2,1-2H3. The average molecular weight is 243 g/mol. The number of hydrogen-bond acceptors (Lipinski definition) is 4. The van der Waals surface area contributed by atoms with Gasteiger partial charge in [-0.15, -0.1) is 0 Å². The molecule has 0 saturated heterocycles. The average Bonchev–Trinajstić information content (AvgIpc) is 2.81. The molecule has 6 heteroatoms. The van der Waals surface area contributed by atoms with Gasteiger partial charge in [0.1, 0.15) is 0 Å². The predicted molar refractivity (Wildman–Crippen MR) is 64.7 cm³/mol. The van der Waals surface area contributed by atoms with Crippen molar-refractivity contribution < 1.29 is 4.79 Å². The van der Waals surface area contributed by atoms with E-state index in [1.165, 1.54) is 11.1 Å². The van der Waals surface area contributed by atoms with E-state index < -0.39 is 0 Å². The van der Waals surface area contributed by atoms with Gasteiger partial charge in [-0.2, -0.15) is 10.4 Å². The summed E-state index contributed by atoms with van der Waals surface area (Å²) in [7, 11) is 1.68. The van der Waals surface area contributed by atoms with Gasteiger partial charge in [-0.05, 0) is 6.92 Å². The van der Waals surface area contributed by atoms with E-state index >= 15 is 0 Å². The first-order valence-corrected chi connectivity index (χ1v) is 5.56. The van der Waals surface area contributed by atoms with Gasteiger partial charge in [-0.1, -0.05) is 0 Å². The zero-order chi connectivity index (χ0) is 13.1. The summed E-state index contributed by atoms with van der Waals surface area (Å²) in [5.41, 5.74) is 1.16. The molecule has 0 spiro atoms. The molecule has 18 heavy (non-hydrogen) atoms. The molecule has 0 aromatic carbocycles. The fraction of sp³-hybridized carbons (Fsp3) is 0.333. The van der Waals surface area contributed by atoms with Crippen LogP contribution in [-0.2, 0) is 0 Å². The lowest BCUT2D eigenvalue weighted by molar-refractivity contribution is 0.0787. The summed E-state index contributed by atoms with van der Waals surface area (Å²) in [6.45, 7) is 2.17. The molecule has 0 fully saturated rings. The number of nitrogens with zero attached hydrogens (tertiary/aromatic N) is 5. The summed E-state index contributed by atoms with van der Waals surface area (Å²) >= 11 is 0. The maximum atomic E-state index is 12.2. The Morgan fingerprint density at radius 3 is 3.11 bits per heavy atom. The van der Waals surface area contributed by atoms with Gasteiger partial charge < -0.3 is 4.90 Å². The molecule has 0 aliphatic heterocycles. The number of carbonyl (C=O) groups excluding carboxylic acids is 1. The van der Waals surface area contributed by atoms with Crippen LogP contribution in [0.5, 0.6) is 0 Å². The van der Waals surface area contributed by atoms with Crippen molar-refractivity contribution in [3.63, 3.8) is 0 Å². The normalized spacial score (nSPS) is 12.1. The lowest BCUT2D eigenvalue weighted by atomic mass is 10.2. The first-order chi connectivity index (χ1) is 8.63. The van der Waals surface area contributed by atoms with Crippen LogP contribution in [0.25, 0.3) is 5.52 Å². The van der Waals surface area contributed by atoms with E-state index in [9.17, 15) is 4.79 Å². The van der Waals surface area contributed by atoms with Crippen molar-refractivity contribution in [2.45, 2.75) is 6.92 Å². The van der Waals surface area contributed by atoms with Gasteiger partial charge >= 0.3 is 0 Å². The lowest BCUT2D eigenvalue weighted by Crippen LogP contribution is -2.30. The zero-order valence-corrected chi connectivity index (χ0v) is 10.2. The second-order valence-electron chi connectivity index (χ2n) is 4.18. The SMILES string of the molecule is CC(C#N)CN(C)C(=O)c1cnn2ccncc12. The molecule has 92 valence electrons. The van der Waals surface area contributed by atoms with Gasteiger partial charge in [0, 0.05) is 26.0 Å². The molecule has 0 saturated carbocycles. The van der Waals surface area contributed by atoms with Gasteiger partial charge in [0.05, 0.1) is 35.5 Å². The highest BCUT2D eigenvalue weighted by atomic mass is 16.2. The summed E-state index contributed by atoms with van der Waals surface area (Å²) in [6.07, 6.45) is 6.41. The van der Waals surface area contributed by atoms with E-state index in [1.807, 2.05) is 0 Å². The smallest absolute Gasteiger partial charge is 0.257 e. The van der Waals surface area contributed by atoms with E-state index in [-0.39, 0.29) is 11.8 Å². The molecule has 0 bridgehead atoms. The molecule has 2 rings (SSSR count). The Morgan fingerprint density at radius 1 is 1.61 bits per heavy atom. The van der Waals surface area contributed by atoms with Gasteiger partial charge in [-0.25, -0.2) is 4.52 Å². The van der Waals surface area contributed by atoms with Crippen molar-refractivity contribution in [1.29, 1.82) is 5.26 Å². The van der Waals surface area contributed by atoms with E-state index in [0.717, 1.165) is 0 Å². The van der Waals surface area contributed by atoms with Crippen LogP contribution in [0.2, 0.25) is 0 Å². The van der Waals surface area contributed by atoms with E-state index in [1.54, 1.807) is 37.1 Å². The minimum Gasteiger partial charge on any atom is -0.340 e. The van der Waals surface area contributed by atoms with Crippen LogP contribution >= 0.6 is 0 Å². The van der Waals surface area contributed by atoms with Gasteiger partial charge in [0.25, 0.3) is 5.91 Å². The van der Waals surface area contributed by atoms with Crippen LogP contribution in [-0.4, -0.2) is 39.0 Å². The highest BCUT2D eigenvalue weighted by Gasteiger charge is 2.18. The fourth-order valence-corrected chi connectivity index (χ4v) is 1.74. The van der Waals surface area contributed by atoms with Crippen LogP contribution < -0.4 is 0 Å². The number of rotatable bonds is 3. The molecule has 1 atom stereocenters. The summed E-state index contributed by atoms with van der Waals surface area (Å²) in [5, 5.41) is 12.8. The number of amides is 1. The Morgan fingerprint density at radius 2 is 2.39 bits per heavy atom. The Kier molecular flexibility index (Phi) is 3.24. The number of aromatic nitrogens is 3. The summed E-state index contributed by atoms with van der Waals surface area (Å²) < 4.78 is 1.60. The minimum atomic E-state index is -0.195. The van der Waals surface area contributed by atoms with Crippen LogP contribution in [0.3, 0.4) is 0 Å². The third-order valence-electron chi connectivity index (χ3n) is 2.67. The Hall–Kier alpha value is -2.42. The van der Waals surface area contributed by atoms with Crippen molar-refractivity contribution in [3.8, 4) is 6.07 Å². The minimum absolute atomic E-state index is 0.153. The van der Waals surface area contributed by atoms with E-state index in [4.69, 9.17) is 5.26 Å². The van der Waals surface area contributed by atoms with Crippen LogP contribution in [0.15, 0.2) is 24.8 Å². The van der Waals surface area contributed by atoms with Crippen molar-refractivity contribution in [2.75, 3.05) is 13.6 Å². The molecule has 2 aromatic rings. The number of fused-ring (bicyclic) bond motifs is 1. The molecular formula is C12H13N5O. The predicted octanol–water partition coefficient (Wildman–Crippen LogP) is 0.961. The second kappa shape index (κ2) is 4.84. The molecule has 6 nitrogen and oxygen atoms in total.